The summed E-state index contributed by atoms with van der Waals surface area (Å²) < 4.78 is 5.32. The molecule has 112 valence electrons. The molecule has 0 radical (unpaired) electrons. The van der Waals surface area contributed by atoms with Gasteiger partial charge in [-0.1, -0.05) is 13.8 Å². The molecule has 7 heteroatoms. The van der Waals surface area contributed by atoms with E-state index in [0.29, 0.717) is 24.8 Å². The summed E-state index contributed by atoms with van der Waals surface area (Å²) in [6.07, 6.45) is 0. The Labute approximate surface area is 118 Å². The number of nitrogens with zero attached hydrogens (tertiary/aromatic N) is 1. The van der Waals surface area contributed by atoms with E-state index >= 15 is 0 Å². The normalized spacial score (nSPS) is 10.9. The number of amides is 2. The molecule has 0 aromatic carbocycles. The lowest BCUT2D eigenvalue weighted by atomic mass is 10.2. The van der Waals surface area contributed by atoms with Gasteiger partial charge in [-0.25, -0.2) is 5.84 Å². The summed E-state index contributed by atoms with van der Waals surface area (Å²) in [6.45, 7) is 5.45. The Hall–Kier alpha value is -1.86. The van der Waals surface area contributed by atoms with Crippen molar-refractivity contribution in [3.05, 3.63) is 23.7 Å². The van der Waals surface area contributed by atoms with Crippen molar-refractivity contribution in [2.75, 3.05) is 20.1 Å². The first-order valence-corrected chi connectivity index (χ1v) is 6.47. The second-order valence-electron chi connectivity index (χ2n) is 5.11. The number of nitrogens with one attached hydrogen (secondary N) is 2. The third-order valence-corrected chi connectivity index (χ3v) is 2.56. The van der Waals surface area contributed by atoms with E-state index in [4.69, 9.17) is 10.3 Å². The van der Waals surface area contributed by atoms with E-state index in [0.717, 1.165) is 0 Å². The highest BCUT2D eigenvalue weighted by molar-refractivity contribution is 5.90. The molecule has 1 heterocycles. The Morgan fingerprint density at radius 3 is 2.70 bits per heavy atom. The van der Waals surface area contributed by atoms with E-state index in [9.17, 15) is 9.59 Å². The van der Waals surface area contributed by atoms with Gasteiger partial charge in [0.1, 0.15) is 5.76 Å². The van der Waals surface area contributed by atoms with Gasteiger partial charge in [-0.3, -0.25) is 19.9 Å². The minimum atomic E-state index is -0.478. The lowest BCUT2D eigenvalue weighted by molar-refractivity contribution is -0.122. The maximum absolute atomic E-state index is 11.6. The van der Waals surface area contributed by atoms with E-state index in [1.807, 2.05) is 19.3 Å². The van der Waals surface area contributed by atoms with Gasteiger partial charge in [0.2, 0.25) is 5.91 Å². The molecule has 1 rings (SSSR count). The minimum absolute atomic E-state index is 0.0346. The molecule has 0 saturated carbocycles. The van der Waals surface area contributed by atoms with Crippen LogP contribution in [-0.2, 0) is 11.3 Å². The molecule has 0 aliphatic rings. The van der Waals surface area contributed by atoms with Crippen LogP contribution in [0.4, 0.5) is 0 Å². The van der Waals surface area contributed by atoms with Crippen molar-refractivity contribution in [1.82, 2.24) is 15.6 Å². The number of carbonyl (C=O) groups is 2. The molecule has 0 spiro atoms. The smallest absolute Gasteiger partial charge is 0.300 e. The highest BCUT2D eigenvalue weighted by Crippen LogP contribution is 2.09. The average molecular weight is 282 g/mol. The number of hydrogen-bond acceptors (Lipinski definition) is 5. The number of rotatable bonds is 7. The molecular weight excluding hydrogens is 260 g/mol. The number of furan rings is 1. The molecule has 1 aromatic heterocycles. The van der Waals surface area contributed by atoms with Gasteiger partial charge < -0.3 is 9.73 Å². The average Bonchev–Trinajstić information content (AvgIpc) is 2.83. The van der Waals surface area contributed by atoms with E-state index in [-0.39, 0.29) is 18.2 Å². The third-order valence-electron chi connectivity index (χ3n) is 2.56. The van der Waals surface area contributed by atoms with E-state index < -0.39 is 5.91 Å². The van der Waals surface area contributed by atoms with Gasteiger partial charge in [-0.2, -0.15) is 0 Å². The molecule has 0 saturated heterocycles. The number of likely N-dealkylation sites (N-methyl/N-ethyl adjacent to an activating group) is 1. The topological polar surface area (TPSA) is 101 Å². The predicted molar refractivity (Wildman–Crippen MR) is 74.5 cm³/mol. The first-order chi connectivity index (χ1) is 9.42. The molecule has 0 aliphatic heterocycles. The van der Waals surface area contributed by atoms with Crippen molar-refractivity contribution in [2.45, 2.75) is 20.4 Å². The molecule has 4 N–H and O–H groups in total. The number of nitrogen functional groups attached to an aromatic ring is 1. The lowest BCUT2D eigenvalue weighted by Crippen LogP contribution is -2.36. The molecule has 0 aliphatic carbocycles. The zero-order chi connectivity index (χ0) is 15.1. The van der Waals surface area contributed by atoms with Crippen LogP contribution in [0.3, 0.4) is 0 Å². The fourth-order valence-electron chi connectivity index (χ4n) is 1.60. The first-order valence-electron chi connectivity index (χ1n) is 6.47. The highest BCUT2D eigenvalue weighted by atomic mass is 16.4. The third kappa shape index (κ3) is 5.41. The van der Waals surface area contributed by atoms with Crippen LogP contribution in [0.5, 0.6) is 0 Å². The van der Waals surface area contributed by atoms with Crippen LogP contribution in [0.25, 0.3) is 0 Å². The van der Waals surface area contributed by atoms with Crippen molar-refractivity contribution in [3.8, 4) is 0 Å². The summed E-state index contributed by atoms with van der Waals surface area (Å²) in [4.78, 5) is 24.7. The molecule has 7 nitrogen and oxygen atoms in total. The highest BCUT2D eigenvalue weighted by Gasteiger charge is 2.12. The van der Waals surface area contributed by atoms with Gasteiger partial charge >= 0.3 is 5.91 Å². The molecule has 20 heavy (non-hydrogen) atoms. The fraction of sp³-hybridized carbons (Fsp3) is 0.538. The van der Waals surface area contributed by atoms with Crippen molar-refractivity contribution in [2.24, 2.45) is 11.8 Å². The number of carbonyl (C=O) groups excluding carboxylic acids is 2. The summed E-state index contributed by atoms with van der Waals surface area (Å²) in [5.74, 6) is 5.68. The second-order valence-corrected chi connectivity index (χ2v) is 5.11. The zero-order valence-corrected chi connectivity index (χ0v) is 12.1. The summed E-state index contributed by atoms with van der Waals surface area (Å²) >= 11 is 0. The van der Waals surface area contributed by atoms with Crippen molar-refractivity contribution >= 4 is 11.8 Å². The summed E-state index contributed by atoms with van der Waals surface area (Å²) in [5.41, 5.74) is 2.00. The van der Waals surface area contributed by atoms with Gasteiger partial charge in [0.15, 0.2) is 5.76 Å². The van der Waals surface area contributed by atoms with E-state index in [1.54, 1.807) is 24.1 Å². The minimum Gasteiger partial charge on any atom is -0.455 e. The number of nitrogens with two attached hydrogens (primary N) is 1. The van der Waals surface area contributed by atoms with Crippen LogP contribution in [0.1, 0.15) is 30.2 Å². The van der Waals surface area contributed by atoms with Crippen LogP contribution >= 0.6 is 0 Å². The van der Waals surface area contributed by atoms with Gasteiger partial charge in [-0.15, -0.1) is 0 Å². The SMILES string of the molecule is CC(C)CNC(=O)CN(C)Cc1ccc(C(=O)NN)o1. The van der Waals surface area contributed by atoms with Crippen LogP contribution in [-0.4, -0.2) is 36.9 Å². The lowest BCUT2D eigenvalue weighted by Gasteiger charge is -2.15. The van der Waals surface area contributed by atoms with Crippen LogP contribution in [0.15, 0.2) is 16.5 Å². The second kappa shape index (κ2) is 7.66. The van der Waals surface area contributed by atoms with Gasteiger partial charge in [-0.05, 0) is 25.1 Å². The number of hydrazine groups is 1. The van der Waals surface area contributed by atoms with Crippen molar-refractivity contribution in [1.29, 1.82) is 0 Å². The Bertz CT molecular complexity index is 456. The maximum atomic E-state index is 11.6. The quantitative estimate of drug-likeness (QED) is 0.374. The molecule has 2 amide bonds. The zero-order valence-electron chi connectivity index (χ0n) is 12.1. The Kier molecular flexibility index (Phi) is 6.20. The van der Waals surface area contributed by atoms with Crippen LogP contribution < -0.4 is 16.6 Å². The van der Waals surface area contributed by atoms with Crippen LogP contribution in [0, 0.1) is 5.92 Å². The molecule has 0 bridgehead atoms. The molecule has 0 atom stereocenters. The maximum Gasteiger partial charge on any atom is 0.300 e. The fourth-order valence-corrected chi connectivity index (χ4v) is 1.60. The summed E-state index contributed by atoms with van der Waals surface area (Å²) in [6, 6.07) is 3.23. The Morgan fingerprint density at radius 2 is 2.10 bits per heavy atom. The summed E-state index contributed by atoms with van der Waals surface area (Å²) in [7, 11) is 1.81. The Balaban J connectivity index is 2.42. The molecule has 0 fully saturated rings. The van der Waals surface area contributed by atoms with Crippen LogP contribution in [0.2, 0.25) is 0 Å². The van der Waals surface area contributed by atoms with E-state index in [2.05, 4.69) is 5.32 Å². The summed E-state index contributed by atoms with van der Waals surface area (Å²) in [5, 5.41) is 2.84. The molecular formula is C13H22N4O3. The standard InChI is InChI=1S/C13H22N4O3/c1-9(2)6-15-12(18)8-17(3)7-10-4-5-11(20-10)13(19)16-14/h4-5,9H,6-8,14H2,1-3H3,(H,15,18)(H,16,19). The molecule has 1 aromatic rings. The largest absolute Gasteiger partial charge is 0.455 e. The first kappa shape index (κ1) is 16.2. The van der Waals surface area contributed by atoms with Gasteiger partial charge in [0.25, 0.3) is 0 Å². The van der Waals surface area contributed by atoms with E-state index in [1.165, 1.54) is 0 Å². The van der Waals surface area contributed by atoms with Crippen molar-refractivity contribution < 1.29 is 14.0 Å². The van der Waals surface area contributed by atoms with Gasteiger partial charge in [0.05, 0.1) is 13.1 Å². The van der Waals surface area contributed by atoms with Gasteiger partial charge in [0, 0.05) is 6.54 Å². The molecule has 0 unspecified atom stereocenters. The predicted octanol–water partition coefficient (Wildman–Crippen LogP) is 0.0871. The number of hydrogen-bond donors (Lipinski definition) is 3. The monoisotopic (exact) mass is 282 g/mol. The van der Waals surface area contributed by atoms with Crippen molar-refractivity contribution in [3.63, 3.8) is 0 Å². The Morgan fingerprint density at radius 1 is 1.40 bits per heavy atom.